The Bertz CT molecular complexity index is 338. The quantitative estimate of drug-likeness (QED) is 0.504. The van der Waals surface area contributed by atoms with Crippen molar-refractivity contribution in [2.45, 2.75) is 64.0 Å². The third-order valence-electron chi connectivity index (χ3n) is 3.68. The van der Waals surface area contributed by atoms with E-state index < -0.39 is 6.10 Å². The van der Waals surface area contributed by atoms with Crippen LogP contribution in [-0.2, 0) is 14.3 Å². The Morgan fingerprint density at radius 2 is 2.05 bits per heavy atom. The molecule has 0 heterocycles. The minimum atomic E-state index is -0.494. The molecule has 0 aromatic carbocycles. The zero-order chi connectivity index (χ0) is 15.5. The van der Waals surface area contributed by atoms with Gasteiger partial charge in [-0.3, -0.25) is 9.59 Å². The molecule has 1 saturated carbocycles. The third kappa shape index (κ3) is 7.85. The van der Waals surface area contributed by atoms with Crippen LogP contribution >= 0.6 is 0 Å². The molecular formula is C16H28N2O3. The average Bonchev–Trinajstić information content (AvgIpc) is 2.48. The molecule has 2 N–H and O–H groups in total. The highest BCUT2D eigenvalue weighted by Gasteiger charge is 2.16. The van der Waals surface area contributed by atoms with Crippen LogP contribution in [0, 0.1) is 0 Å². The summed E-state index contributed by atoms with van der Waals surface area (Å²) in [7, 11) is 0. The largest absolute Gasteiger partial charge is 0.368 e. The van der Waals surface area contributed by atoms with E-state index >= 15 is 0 Å². The highest BCUT2D eigenvalue weighted by atomic mass is 16.5. The lowest BCUT2D eigenvalue weighted by Gasteiger charge is -2.22. The van der Waals surface area contributed by atoms with Crippen LogP contribution < -0.4 is 10.6 Å². The van der Waals surface area contributed by atoms with E-state index in [9.17, 15) is 9.59 Å². The number of carbonyl (C=O) groups excluding carboxylic acids is 2. The number of hydrogen-bond donors (Lipinski definition) is 2. The fourth-order valence-electron chi connectivity index (χ4n) is 2.39. The molecule has 1 unspecified atom stereocenters. The molecule has 0 bridgehead atoms. The summed E-state index contributed by atoms with van der Waals surface area (Å²) in [5, 5.41) is 5.76. The van der Waals surface area contributed by atoms with E-state index in [0.29, 0.717) is 25.6 Å². The van der Waals surface area contributed by atoms with Crippen LogP contribution in [0.5, 0.6) is 0 Å². The van der Waals surface area contributed by atoms with Gasteiger partial charge in [-0.15, -0.1) is 6.58 Å². The molecule has 0 aliphatic heterocycles. The van der Waals surface area contributed by atoms with E-state index in [0.717, 1.165) is 19.3 Å². The molecule has 0 saturated heterocycles. The summed E-state index contributed by atoms with van der Waals surface area (Å²) in [5.41, 5.74) is 0. The van der Waals surface area contributed by atoms with E-state index in [2.05, 4.69) is 17.2 Å². The summed E-state index contributed by atoms with van der Waals surface area (Å²) in [5.74, 6) is -0.160. The molecule has 1 aliphatic carbocycles. The van der Waals surface area contributed by atoms with Crippen molar-refractivity contribution in [2.75, 3.05) is 13.2 Å². The van der Waals surface area contributed by atoms with E-state index in [1.807, 2.05) is 0 Å². The SMILES string of the molecule is C=CCCOC(C)C(=O)NCCC(=O)NC1CCCCC1. The lowest BCUT2D eigenvalue weighted by molar-refractivity contribution is -0.131. The summed E-state index contributed by atoms with van der Waals surface area (Å²) in [6, 6.07) is 0.322. The first-order valence-corrected chi connectivity index (χ1v) is 7.93. The van der Waals surface area contributed by atoms with Crippen LogP contribution in [0.3, 0.4) is 0 Å². The number of hydrogen-bond acceptors (Lipinski definition) is 3. The molecule has 120 valence electrons. The second kappa shape index (κ2) is 10.4. The molecule has 0 spiro atoms. The van der Waals surface area contributed by atoms with Gasteiger partial charge >= 0.3 is 0 Å². The lowest BCUT2D eigenvalue weighted by Crippen LogP contribution is -2.40. The van der Waals surface area contributed by atoms with Crippen molar-refractivity contribution in [3.63, 3.8) is 0 Å². The molecular weight excluding hydrogens is 268 g/mol. The molecule has 1 atom stereocenters. The van der Waals surface area contributed by atoms with Crippen LogP contribution in [0.2, 0.25) is 0 Å². The van der Waals surface area contributed by atoms with Gasteiger partial charge in [0.25, 0.3) is 0 Å². The predicted molar refractivity (Wildman–Crippen MR) is 82.9 cm³/mol. The van der Waals surface area contributed by atoms with E-state index in [-0.39, 0.29) is 11.8 Å². The Morgan fingerprint density at radius 1 is 1.33 bits per heavy atom. The highest BCUT2D eigenvalue weighted by Crippen LogP contribution is 2.17. The first-order chi connectivity index (χ1) is 10.1. The average molecular weight is 296 g/mol. The number of amides is 2. The molecule has 5 nitrogen and oxygen atoms in total. The Morgan fingerprint density at radius 3 is 2.71 bits per heavy atom. The molecule has 0 aromatic heterocycles. The zero-order valence-corrected chi connectivity index (χ0v) is 13.0. The van der Waals surface area contributed by atoms with Crippen molar-refractivity contribution >= 4 is 11.8 Å². The van der Waals surface area contributed by atoms with Gasteiger partial charge in [0, 0.05) is 19.0 Å². The van der Waals surface area contributed by atoms with Gasteiger partial charge in [-0.05, 0) is 26.2 Å². The Labute approximate surface area is 127 Å². The summed E-state index contributed by atoms with van der Waals surface area (Å²) in [6.07, 6.45) is 8.11. The molecule has 0 radical (unpaired) electrons. The number of nitrogens with one attached hydrogen (secondary N) is 2. The maximum absolute atomic E-state index is 11.8. The summed E-state index contributed by atoms with van der Waals surface area (Å²) >= 11 is 0. The normalized spacial score (nSPS) is 17.0. The number of ether oxygens (including phenoxy) is 1. The molecule has 1 aliphatic rings. The van der Waals surface area contributed by atoms with Gasteiger partial charge < -0.3 is 15.4 Å². The van der Waals surface area contributed by atoms with Crippen molar-refractivity contribution in [2.24, 2.45) is 0 Å². The summed E-state index contributed by atoms with van der Waals surface area (Å²) < 4.78 is 5.34. The monoisotopic (exact) mass is 296 g/mol. The van der Waals surface area contributed by atoms with Gasteiger partial charge in [0.2, 0.25) is 11.8 Å². The molecule has 5 heteroatoms. The minimum absolute atomic E-state index is 0.0161. The Balaban J connectivity index is 2.09. The summed E-state index contributed by atoms with van der Waals surface area (Å²) in [4.78, 5) is 23.5. The van der Waals surface area contributed by atoms with Crippen molar-refractivity contribution in [3.8, 4) is 0 Å². The van der Waals surface area contributed by atoms with Crippen molar-refractivity contribution in [1.29, 1.82) is 0 Å². The topological polar surface area (TPSA) is 67.4 Å². The molecule has 2 amide bonds. The number of rotatable bonds is 9. The van der Waals surface area contributed by atoms with Gasteiger partial charge in [-0.2, -0.15) is 0 Å². The van der Waals surface area contributed by atoms with Crippen molar-refractivity contribution < 1.29 is 14.3 Å². The van der Waals surface area contributed by atoms with E-state index in [1.54, 1.807) is 13.0 Å². The van der Waals surface area contributed by atoms with Crippen LogP contribution in [0.15, 0.2) is 12.7 Å². The van der Waals surface area contributed by atoms with Crippen LogP contribution in [-0.4, -0.2) is 37.1 Å². The first kappa shape index (κ1) is 17.7. The molecule has 0 aromatic rings. The van der Waals surface area contributed by atoms with Crippen LogP contribution in [0.1, 0.15) is 51.9 Å². The maximum atomic E-state index is 11.8. The Hall–Kier alpha value is -1.36. The highest BCUT2D eigenvalue weighted by molar-refractivity contribution is 5.81. The minimum Gasteiger partial charge on any atom is -0.368 e. The maximum Gasteiger partial charge on any atom is 0.248 e. The summed E-state index contributed by atoms with van der Waals surface area (Å²) in [6.45, 7) is 6.14. The van der Waals surface area contributed by atoms with Crippen LogP contribution in [0.25, 0.3) is 0 Å². The lowest BCUT2D eigenvalue weighted by atomic mass is 9.95. The van der Waals surface area contributed by atoms with Gasteiger partial charge in [-0.25, -0.2) is 0 Å². The second-order valence-corrected chi connectivity index (χ2v) is 5.53. The molecule has 1 fully saturated rings. The smallest absolute Gasteiger partial charge is 0.248 e. The fraction of sp³-hybridized carbons (Fsp3) is 0.750. The van der Waals surface area contributed by atoms with Crippen molar-refractivity contribution in [3.05, 3.63) is 12.7 Å². The van der Waals surface area contributed by atoms with Gasteiger partial charge in [0.15, 0.2) is 0 Å². The molecule has 21 heavy (non-hydrogen) atoms. The van der Waals surface area contributed by atoms with Gasteiger partial charge in [0.1, 0.15) is 6.10 Å². The molecule has 1 rings (SSSR count). The van der Waals surface area contributed by atoms with Gasteiger partial charge in [0.05, 0.1) is 6.61 Å². The zero-order valence-electron chi connectivity index (χ0n) is 13.0. The fourth-order valence-corrected chi connectivity index (χ4v) is 2.39. The first-order valence-electron chi connectivity index (χ1n) is 7.93. The van der Waals surface area contributed by atoms with Crippen molar-refractivity contribution in [1.82, 2.24) is 10.6 Å². The third-order valence-corrected chi connectivity index (χ3v) is 3.68. The Kier molecular flexibility index (Phi) is 8.74. The number of carbonyl (C=O) groups is 2. The van der Waals surface area contributed by atoms with Crippen LogP contribution in [0.4, 0.5) is 0 Å². The van der Waals surface area contributed by atoms with Gasteiger partial charge in [-0.1, -0.05) is 25.3 Å². The standard InChI is InChI=1S/C16H28N2O3/c1-3-4-12-21-13(2)16(20)17-11-10-15(19)18-14-8-6-5-7-9-14/h3,13-14H,1,4-12H2,2H3,(H,17,20)(H,18,19). The van der Waals surface area contributed by atoms with E-state index in [1.165, 1.54) is 19.3 Å². The predicted octanol–water partition coefficient (Wildman–Crippen LogP) is 1.92. The second-order valence-electron chi connectivity index (χ2n) is 5.53. The van der Waals surface area contributed by atoms with E-state index in [4.69, 9.17) is 4.74 Å².